The molecule has 2 aromatic carbocycles. The number of furan rings is 1. The van der Waals surface area contributed by atoms with E-state index >= 15 is 0 Å². The molecule has 0 bridgehead atoms. The fourth-order valence-corrected chi connectivity index (χ4v) is 3.62. The number of halogens is 1. The second kappa shape index (κ2) is 8.47. The Morgan fingerprint density at radius 1 is 1.10 bits per heavy atom. The molecule has 0 fully saturated rings. The van der Waals surface area contributed by atoms with Crippen molar-refractivity contribution in [2.75, 3.05) is 11.9 Å². The van der Waals surface area contributed by atoms with E-state index in [1.165, 1.54) is 6.26 Å². The average molecular weight is 439 g/mol. The van der Waals surface area contributed by atoms with Crippen LogP contribution in [0.1, 0.15) is 35.5 Å². The maximum absolute atomic E-state index is 12.9. The maximum atomic E-state index is 12.9. The van der Waals surface area contributed by atoms with Crippen molar-refractivity contribution in [3.63, 3.8) is 0 Å². The second-order valence-electron chi connectivity index (χ2n) is 7.96. The average Bonchev–Trinajstić information content (AvgIpc) is 3.29. The zero-order chi connectivity index (χ0) is 22.0. The summed E-state index contributed by atoms with van der Waals surface area (Å²) in [5.74, 6) is 0.473. The van der Waals surface area contributed by atoms with Crippen molar-refractivity contribution in [2.24, 2.45) is 0 Å². The summed E-state index contributed by atoms with van der Waals surface area (Å²) in [5, 5.41) is 3.52. The van der Waals surface area contributed by atoms with Gasteiger partial charge < -0.3 is 19.4 Å². The van der Waals surface area contributed by atoms with Gasteiger partial charge >= 0.3 is 0 Å². The fourth-order valence-electron chi connectivity index (χ4n) is 3.49. The van der Waals surface area contributed by atoms with Gasteiger partial charge in [0, 0.05) is 23.8 Å². The van der Waals surface area contributed by atoms with Crippen molar-refractivity contribution >= 4 is 29.1 Å². The smallest absolute Gasteiger partial charge is 0.289 e. The van der Waals surface area contributed by atoms with E-state index in [1.54, 1.807) is 55.1 Å². The van der Waals surface area contributed by atoms with Crippen molar-refractivity contribution in [3.05, 3.63) is 82.8 Å². The van der Waals surface area contributed by atoms with E-state index in [1.807, 2.05) is 18.2 Å². The van der Waals surface area contributed by atoms with Crippen LogP contribution in [0.2, 0.25) is 5.02 Å². The van der Waals surface area contributed by atoms with Crippen molar-refractivity contribution in [1.29, 1.82) is 0 Å². The molecule has 0 saturated carbocycles. The van der Waals surface area contributed by atoms with Crippen molar-refractivity contribution in [3.8, 4) is 5.75 Å². The lowest BCUT2D eigenvalue weighted by Gasteiger charge is -2.29. The molecule has 160 valence electrons. The quantitative estimate of drug-likeness (QED) is 0.613. The second-order valence-corrected chi connectivity index (χ2v) is 8.39. The Hall–Kier alpha value is -3.25. The first-order valence-electron chi connectivity index (χ1n) is 10.0. The molecular weight excluding hydrogens is 416 g/mol. The summed E-state index contributed by atoms with van der Waals surface area (Å²) in [6.45, 7) is 4.50. The van der Waals surface area contributed by atoms with E-state index < -0.39 is 5.60 Å². The Morgan fingerprint density at radius 2 is 1.87 bits per heavy atom. The lowest BCUT2D eigenvalue weighted by molar-refractivity contribution is -0.128. The Labute approximate surface area is 185 Å². The van der Waals surface area contributed by atoms with E-state index in [-0.39, 0.29) is 11.8 Å². The third-order valence-electron chi connectivity index (χ3n) is 5.23. The van der Waals surface area contributed by atoms with Crippen molar-refractivity contribution in [1.82, 2.24) is 4.90 Å². The number of hydrogen-bond acceptors (Lipinski definition) is 4. The third kappa shape index (κ3) is 4.75. The molecule has 0 unspecified atom stereocenters. The van der Waals surface area contributed by atoms with Crippen LogP contribution in [0.5, 0.6) is 5.75 Å². The fraction of sp³-hybridized carbons (Fsp3) is 0.250. The molecule has 7 heteroatoms. The molecule has 0 spiro atoms. The van der Waals surface area contributed by atoms with Gasteiger partial charge in [-0.05, 0) is 79.9 Å². The summed E-state index contributed by atoms with van der Waals surface area (Å²) in [4.78, 5) is 27.2. The Balaban J connectivity index is 1.45. The van der Waals surface area contributed by atoms with Crippen LogP contribution < -0.4 is 10.1 Å². The summed E-state index contributed by atoms with van der Waals surface area (Å²) < 4.78 is 11.1. The summed E-state index contributed by atoms with van der Waals surface area (Å²) in [6.07, 6.45) is 2.24. The standard InChI is InChI=1S/C24H23ClN2O4/c1-24(2,31-20-9-6-18(25)7-10-20)23(29)26-19-8-5-16-11-12-27(15-17(16)14-19)22(28)21-4-3-13-30-21/h3-10,13-14H,11-12,15H2,1-2H3,(H,26,29). The van der Waals surface area contributed by atoms with Gasteiger partial charge in [0.1, 0.15) is 5.75 Å². The first kappa shape index (κ1) is 21.0. The topological polar surface area (TPSA) is 71.8 Å². The highest BCUT2D eigenvalue weighted by atomic mass is 35.5. The number of amides is 2. The zero-order valence-electron chi connectivity index (χ0n) is 17.4. The molecule has 1 N–H and O–H groups in total. The van der Waals surface area contributed by atoms with Gasteiger partial charge in [-0.1, -0.05) is 17.7 Å². The number of anilines is 1. The van der Waals surface area contributed by atoms with Gasteiger partial charge in [0.2, 0.25) is 0 Å². The molecule has 31 heavy (non-hydrogen) atoms. The molecule has 0 atom stereocenters. The molecule has 4 rings (SSSR count). The van der Waals surface area contributed by atoms with Crippen LogP contribution in [0.4, 0.5) is 5.69 Å². The maximum Gasteiger partial charge on any atom is 0.289 e. The first-order chi connectivity index (χ1) is 14.8. The number of fused-ring (bicyclic) bond motifs is 1. The Kier molecular flexibility index (Phi) is 5.74. The zero-order valence-corrected chi connectivity index (χ0v) is 18.1. The van der Waals surface area contributed by atoms with E-state index in [0.717, 1.165) is 17.5 Å². The first-order valence-corrected chi connectivity index (χ1v) is 10.4. The van der Waals surface area contributed by atoms with Crippen molar-refractivity contribution < 1.29 is 18.7 Å². The summed E-state index contributed by atoms with van der Waals surface area (Å²) in [5.41, 5.74) is 1.73. The molecule has 1 aliphatic rings. The highest BCUT2D eigenvalue weighted by molar-refractivity contribution is 6.30. The van der Waals surface area contributed by atoms with Gasteiger partial charge in [0.05, 0.1) is 6.26 Å². The highest BCUT2D eigenvalue weighted by Gasteiger charge is 2.30. The minimum absolute atomic E-state index is 0.136. The number of benzene rings is 2. The van der Waals surface area contributed by atoms with E-state index in [4.69, 9.17) is 20.8 Å². The Morgan fingerprint density at radius 3 is 2.58 bits per heavy atom. The summed E-state index contributed by atoms with van der Waals surface area (Å²) in [7, 11) is 0. The van der Waals surface area contributed by atoms with E-state index in [9.17, 15) is 9.59 Å². The third-order valence-corrected chi connectivity index (χ3v) is 5.48. The molecule has 1 aliphatic heterocycles. The number of hydrogen-bond donors (Lipinski definition) is 1. The Bertz CT molecular complexity index is 1090. The summed E-state index contributed by atoms with van der Waals surface area (Å²) in [6, 6.07) is 16.0. The summed E-state index contributed by atoms with van der Waals surface area (Å²) >= 11 is 5.90. The van der Waals surface area contributed by atoms with Crippen LogP contribution >= 0.6 is 11.6 Å². The van der Waals surface area contributed by atoms with E-state index in [2.05, 4.69) is 5.32 Å². The normalized spacial score (nSPS) is 13.5. The molecule has 6 nitrogen and oxygen atoms in total. The van der Waals surface area contributed by atoms with Gasteiger partial charge in [-0.15, -0.1) is 0 Å². The SMILES string of the molecule is CC(C)(Oc1ccc(Cl)cc1)C(=O)Nc1ccc2c(c1)CN(C(=O)c1ccco1)CC2. The van der Waals surface area contributed by atoms with Crippen LogP contribution in [-0.4, -0.2) is 28.9 Å². The minimum Gasteiger partial charge on any atom is -0.478 e. The number of nitrogens with zero attached hydrogens (tertiary/aromatic N) is 1. The van der Waals surface area contributed by atoms with Gasteiger partial charge in [-0.3, -0.25) is 9.59 Å². The lowest BCUT2D eigenvalue weighted by atomic mass is 9.98. The predicted molar refractivity (Wildman–Crippen MR) is 118 cm³/mol. The number of ether oxygens (including phenoxy) is 1. The van der Waals surface area contributed by atoms with Crippen LogP contribution in [0.25, 0.3) is 0 Å². The van der Waals surface area contributed by atoms with Crippen LogP contribution in [-0.2, 0) is 17.8 Å². The van der Waals surface area contributed by atoms with Gasteiger partial charge in [-0.2, -0.15) is 0 Å². The number of carbonyl (C=O) groups is 2. The molecule has 0 aliphatic carbocycles. The van der Waals surface area contributed by atoms with Crippen molar-refractivity contribution in [2.45, 2.75) is 32.4 Å². The number of nitrogens with one attached hydrogen (secondary N) is 1. The molecule has 2 heterocycles. The van der Waals surface area contributed by atoms with Gasteiger partial charge in [0.15, 0.2) is 11.4 Å². The monoisotopic (exact) mass is 438 g/mol. The van der Waals surface area contributed by atoms with Gasteiger partial charge in [0.25, 0.3) is 11.8 Å². The highest BCUT2D eigenvalue weighted by Crippen LogP contribution is 2.26. The van der Waals surface area contributed by atoms with Crippen LogP contribution in [0, 0.1) is 0 Å². The molecule has 1 aromatic heterocycles. The molecule has 0 radical (unpaired) electrons. The van der Waals surface area contributed by atoms with E-state index in [0.29, 0.717) is 35.3 Å². The predicted octanol–water partition coefficient (Wildman–Crippen LogP) is 4.93. The lowest BCUT2D eigenvalue weighted by Crippen LogP contribution is -2.42. The molecular formula is C24H23ClN2O4. The molecule has 2 amide bonds. The number of rotatable bonds is 5. The van der Waals surface area contributed by atoms with Crippen LogP contribution in [0.15, 0.2) is 65.3 Å². The van der Waals surface area contributed by atoms with Gasteiger partial charge in [-0.25, -0.2) is 0 Å². The molecule has 3 aromatic rings. The van der Waals surface area contributed by atoms with Crippen LogP contribution in [0.3, 0.4) is 0 Å². The molecule has 0 saturated heterocycles. The minimum atomic E-state index is -1.09. The number of carbonyl (C=O) groups excluding carboxylic acids is 2. The largest absolute Gasteiger partial charge is 0.478 e.